The summed E-state index contributed by atoms with van der Waals surface area (Å²) in [5, 5.41) is 0. The van der Waals surface area contributed by atoms with E-state index in [1.165, 1.54) is 0 Å². The molecule has 0 saturated carbocycles. The molecule has 0 saturated heterocycles. The van der Waals surface area contributed by atoms with Gasteiger partial charge in [-0.05, 0) is 111 Å². The molecule has 0 radical (unpaired) electrons. The normalized spacial score (nSPS) is 10.5. The van der Waals surface area contributed by atoms with Gasteiger partial charge in [-0.1, -0.05) is 72.8 Å². The largest absolute Gasteiger partial charge is 0.264 e. The number of benzene rings is 4. The Balaban J connectivity index is 0.00000168. The lowest BCUT2D eigenvalue weighted by molar-refractivity contribution is 1.33. The summed E-state index contributed by atoms with van der Waals surface area (Å²) >= 11 is 3.53. The molecule has 3 nitrogen and oxygen atoms in total. The van der Waals surface area contributed by atoms with E-state index < -0.39 is 0 Å². The molecule has 0 aliphatic carbocycles. The smallest absolute Gasteiger partial charge is 0.0346 e. The molecule has 4 aromatic carbocycles. The van der Waals surface area contributed by atoms with Gasteiger partial charge in [0.2, 0.25) is 0 Å². The van der Waals surface area contributed by atoms with Crippen molar-refractivity contribution in [1.82, 2.24) is 15.0 Å². The summed E-state index contributed by atoms with van der Waals surface area (Å²) in [5.74, 6) is 0. The molecule has 0 bridgehead atoms. The molecule has 3 heterocycles. The standard InChI is InChI=1S/C39H27N3.CH4S/c1-7-28(34-13-4-16-40-25-34)19-31(10-1)37-22-38(32-11-2-8-29(20-32)35-14-5-17-41-26-35)24-39(23-37)33-12-3-9-30(21-33)36-15-6-18-42-27-36;1-2/h1-27H;2H,1H3. The summed E-state index contributed by atoms with van der Waals surface area (Å²) in [6, 6.07) is 45.2. The van der Waals surface area contributed by atoms with E-state index in [4.69, 9.17) is 0 Å². The van der Waals surface area contributed by atoms with E-state index >= 15 is 0 Å². The highest BCUT2D eigenvalue weighted by molar-refractivity contribution is 7.79. The van der Waals surface area contributed by atoms with Crippen LogP contribution in [0.2, 0.25) is 0 Å². The molecule has 0 aliphatic rings. The van der Waals surface area contributed by atoms with Gasteiger partial charge in [-0.25, -0.2) is 0 Å². The number of thiol groups is 1. The summed E-state index contributed by atoms with van der Waals surface area (Å²) in [7, 11) is 0. The number of aromatic nitrogens is 3. The summed E-state index contributed by atoms with van der Waals surface area (Å²) in [6.45, 7) is 0. The molecule has 3 aromatic heterocycles. The first-order chi connectivity index (χ1) is 21.8. The minimum absolute atomic E-state index is 1.10. The highest BCUT2D eigenvalue weighted by atomic mass is 32.1. The quantitative estimate of drug-likeness (QED) is 0.197. The molecule has 7 aromatic rings. The van der Waals surface area contributed by atoms with Crippen LogP contribution in [0.4, 0.5) is 0 Å². The summed E-state index contributed by atoms with van der Waals surface area (Å²) in [5.41, 5.74) is 13.7. The molecule has 0 N–H and O–H groups in total. The third kappa shape index (κ3) is 6.51. The maximum atomic E-state index is 4.33. The van der Waals surface area contributed by atoms with Crippen molar-refractivity contribution in [2.75, 3.05) is 6.26 Å². The van der Waals surface area contributed by atoms with Crippen molar-refractivity contribution < 1.29 is 0 Å². The Morgan fingerprint density at radius 1 is 0.295 bits per heavy atom. The van der Waals surface area contributed by atoms with Crippen molar-refractivity contribution in [3.8, 4) is 66.8 Å². The number of rotatable bonds is 6. The first-order valence-electron chi connectivity index (χ1n) is 14.4. The average molecular weight is 586 g/mol. The fraction of sp³-hybridized carbons (Fsp3) is 0.0250. The second kappa shape index (κ2) is 13.8. The van der Waals surface area contributed by atoms with E-state index in [-0.39, 0.29) is 0 Å². The number of nitrogens with zero attached hydrogens (tertiary/aromatic N) is 3. The predicted octanol–water partition coefficient (Wildman–Crippen LogP) is 10.4. The van der Waals surface area contributed by atoms with E-state index in [0.29, 0.717) is 0 Å². The van der Waals surface area contributed by atoms with Crippen LogP contribution in [-0.4, -0.2) is 21.2 Å². The maximum absolute atomic E-state index is 4.33. The molecule has 212 valence electrons. The second-order valence-electron chi connectivity index (χ2n) is 10.3. The highest BCUT2D eigenvalue weighted by Gasteiger charge is 2.11. The van der Waals surface area contributed by atoms with E-state index in [0.717, 1.165) is 66.8 Å². The highest BCUT2D eigenvalue weighted by Crippen LogP contribution is 2.36. The SMILES string of the molecule is CS.c1cncc(-c2cccc(-c3cc(-c4cccc(-c5cccnc5)c4)cc(-c4cccc(-c5cccnc5)c4)c3)c2)c1. The number of hydrogen-bond acceptors (Lipinski definition) is 4. The van der Waals surface area contributed by atoms with Crippen molar-refractivity contribution >= 4 is 12.6 Å². The number of pyridine rings is 3. The zero-order valence-corrected chi connectivity index (χ0v) is 25.3. The van der Waals surface area contributed by atoms with Gasteiger partial charge in [0.05, 0.1) is 0 Å². The van der Waals surface area contributed by atoms with Crippen molar-refractivity contribution in [1.29, 1.82) is 0 Å². The third-order valence-electron chi connectivity index (χ3n) is 7.51. The Hall–Kier alpha value is -5.32. The Morgan fingerprint density at radius 3 is 0.773 bits per heavy atom. The molecule has 4 heteroatoms. The van der Waals surface area contributed by atoms with Gasteiger partial charge in [0.15, 0.2) is 0 Å². The van der Waals surface area contributed by atoms with Gasteiger partial charge in [0.25, 0.3) is 0 Å². The second-order valence-corrected chi connectivity index (χ2v) is 10.3. The van der Waals surface area contributed by atoms with Crippen LogP contribution in [0.5, 0.6) is 0 Å². The van der Waals surface area contributed by atoms with Gasteiger partial charge >= 0.3 is 0 Å². The fourth-order valence-corrected chi connectivity index (χ4v) is 5.36. The molecule has 44 heavy (non-hydrogen) atoms. The van der Waals surface area contributed by atoms with Crippen molar-refractivity contribution in [3.05, 3.63) is 165 Å². The van der Waals surface area contributed by atoms with Crippen LogP contribution >= 0.6 is 12.6 Å². The summed E-state index contributed by atoms with van der Waals surface area (Å²) in [4.78, 5) is 13.0. The predicted molar refractivity (Wildman–Crippen MR) is 187 cm³/mol. The molecule has 0 amide bonds. The molecule has 0 aliphatic heterocycles. The minimum atomic E-state index is 1.10. The van der Waals surface area contributed by atoms with Crippen LogP contribution < -0.4 is 0 Å². The lowest BCUT2D eigenvalue weighted by Crippen LogP contribution is -1.89. The molecular formula is C40H31N3S. The van der Waals surface area contributed by atoms with E-state index in [2.05, 4.69) is 137 Å². The zero-order valence-electron chi connectivity index (χ0n) is 24.4. The summed E-state index contributed by atoms with van der Waals surface area (Å²) < 4.78 is 0. The molecule has 0 spiro atoms. The first kappa shape index (κ1) is 28.8. The Labute approximate surface area is 264 Å². The van der Waals surface area contributed by atoms with Crippen molar-refractivity contribution in [2.24, 2.45) is 0 Å². The maximum Gasteiger partial charge on any atom is 0.0346 e. The van der Waals surface area contributed by atoms with Crippen LogP contribution in [0, 0.1) is 0 Å². The van der Waals surface area contributed by atoms with Gasteiger partial charge in [-0.15, -0.1) is 0 Å². The zero-order chi connectivity index (χ0) is 30.1. The van der Waals surface area contributed by atoms with Crippen molar-refractivity contribution in [3.63, 3.8) is 0 Å². The molecule has 0 unspecified atom stereocenters. The van der Waals surface area contributed by atoms with E-state index in [1.54, 1.807) is 6.26 Å². The molecule has 0 fully saturated rings. The summed E-state index contributed by atoms with van der Waals surface area (Å²) in [6.07, 6.45) is 12.9. The van der Waals surface area contributed by atoms with E-state index in [9.17, 15) is 0 Å². The fourth-order valence-electron chi connectivity index (χ4n) is 5.36. The van der Waals surface area contributed by atoms with Gasteiger partial charge in [0.1, 0.15) is 0 Å². The third-order valence-corrected chi connectivity index (χ3v) is 7.51. The Morgan fingerprint density at radius 2 is 0.523 bits per heavy atom. The Kier molecular flexibility index (Phi) is 9.01. The van der Waals surface area contributed by atoms with E-state index in [1.807, 2.05) is 55.4 Å². The lowest BCUT2D eigenvalue weighted by Gasteiger charge is -2.14. The average Bonchev–Trinajstić information content (AvgIpc) is 3.13. The van der Waals surface area contributed by atoms with Crippen LogP contribution in [0.15, 0.2) is 165 Å². The molecule has 7 rings (SSSR count). The first-order valence-corrected chi connectivity index (χ1v) is 15.3. The van der Waals surface area contributed by atoms with Crippen LogP contribution in [0.3, 0.4) is 0 Å². The van der Waals surface area contributed by atoms with Gasteiger partial charge in [-0.3, -0.25) is 15.0 Å². The van der Waals surface area contributed by atoms with Crippen LogP contribution in [0.25, 0.3) is 66.8 Å². The molecular weight excluding hydrogens is 555 g/mol. The Bertz CT molecular complexity index is 1730. The van der Waals surface area contributed by atoms with Crippen LogP contribution in [0.1, 0.15) is 0 Å². The lowest BCUT2D eigenvalue weighted by atomic mass is 9.91. The minimum Gasteiger partial charge on any atom is -0.264 e. The molecule has 0 atom stereocenters. The number of hydrogen-bond donors (Lipinski definition) is 1. The topological polar surface area (TPSA) is 38.7 Å². The monoisotopic (exact) mass is 585 g/mol. The van der Waals surface area contributed by atoms with Gasteiger partial charge in [-0.2, -0.15) is 12.6 Å². The van der Waals surface area contributed by atoms with Crippen molar-refractivity contribution in [2.45, 2.75) is 0 Å². The van der Waals surface area contributed by atoms with Gasteiger partial charge in [0, 0.05) is 53.9 Å². The van der Waals surface area contributed by atoms with Gasteiger partial charge < -0.3 is 0 Å². The van der Waals surface area contributed by atoms with Crippen LogP contribution in [-0.2, 0) is 0 Å².